The molecule has 0 radical (unpaired) electrons. The second-order valence-corrected chi connectivity index (χ2v) is 18.7. The fraction of sp³-hybridized carbons (Fsp3) is 0. The van der Waals surface area contributed by atoms with Crippen LogP contribution in [-0.2, 0) is 0 Å². The number of anilines is 3. The van der Waals surface area contributed by atoms with Crippen LogP contribution in [0.1, 0.15) is 6.85 Å². The Hall–Kier alpha value is -7.46. The van der Waals surface area contributed by atoms with E-state index in [0.717, 1.165) is 60.5 Å². The van der Waals surface area contributed by atoms with Crippen molar-refractivity contribution in [3.63, 3.8) is 0 Å². The Bertz CT molecular complexity index is 3440. The standard InChI is InChI=1S/C56H39NOSi/c1-5-16-40(17-6-1)41-28-33-45(34-29-41)57(53-26-15-27-54-55(53)52-37-32-43-18-13-14-25-51(43)56(52)58-54)46-35-30-42-31-36-50(39-44(42)38-46)59(47-19-7-2-8-20-47,48-21-9-3-10-22-48)49-23-11-4-12-24-49/h1-39H/i1D,5D,6D,16D,17D. The maximum Gasteiger partial charge on any atom is 0.179 e. The largest absolute Gasteiger partial charge is 0.455 e. The van der Waals surface area contributed by atoms with Gasteiger partial charge in [-0.2, -0.15) is 0 Å². The van der Waals surface area contributed by atoms with Gasteiger partial charge >= 0.3 is 0 Å². The second kappa shape index (κ2) is 14.5. The van der Waals surface area contributed by atoms with Gasteiger partial charge in [0.1, 0.15) is 11.2 Å². The maximum atomic E-state index is 8.70. The fourth-order valence-corrected chi connectivity index (χ4v) is 13.8. The molecule has 1 aromatic heterocycles. The smallest absolute Gasteiger partial charge is 0.179 e. The first-order valence-electron chi connectivity index (χ1n) is 22.3. The van der Waals surface area contributed by atoms with E-state index in [1.165, 1.54) is 20.7 Å². The molecule has 278 valence electrons. The van der Waals surface area contributed by atoms with Crippen molar-refractivity contribution in [2.75, 3.05) is 4.90 Å². The van der Waals surface area contributed by atoms with E-state index in [1.807, 2.05) is 48.5 Å². The summed E-state index contributed by atoms with van der Waals surface area (Å²) in [6, 6.07) is 71.1. The third-order valence-electron chi connectivity index (χ3n) is 11.7. The number of benzene rings is 10. The highest BCUT2D eigenvalue weighted by Gasteiger charge is 2.41. The molecule has 0 aliphatic rings. The highest BCUT2D eigenvalue weighted by Crippen LogP contribution is 2.45. The number of nitrogens with zero attached hydrogens (tertiary/aromatic N) is 1. The van der Waals surface area contributed by atoms with E-state index in [1.54, 1.807) is 0 Å². The number of fused-ring (bicyclic) bond motifs is 6. The van der Waals surface area contributed by atoms with E-state index in [2.05, 4.69) is 163 Å². The molecule has 59 heavy (non-hydrogen) atoms. The van der Waals surface area contributed by atoms with Crippen molar-refractivity contribution >= 4 is 89.4 Å². The number of furan rings is 1. The monoisotopic (exact) mass is 774 g/mol. The first-order valence-corrected chi connectivity index (χ1v) is 21.8. The van der Waals surface area contributed by atoms with Crippen LogP contribution in [0.3, 0.4) is 0 Å². The van der Waals surface area contributed by atoms with Crippen molar-refractivity contribution in [3.05, 3.63) is 236 Å². The zero-order chi connectivity index (χ0) is 43.5. The Morgan fingerprint density at radius 3 is 1.71 bits per heavy atom. The predicted molar refractivity (Wildman–Crippen MR) is 252 cm³/mol. The van der Waals surface area contributed by atoms with Crippen LogP contribution in [0.5, 0.6) is 0 Å². The number of rotatable bonds is 8. The summed E-state index contributed by atoms with van der Waals surface area (Å²) in [5, 5.41) is 11.5. The lowest BCUT2D eigenvalue weighted by Crippen LogP contribution is -2.74. The van der Waals surface area contributed by atoms with Crippen LogP contribution >= 0.6 is 0 Å². The van der Waals surface area contributed by atoms with Crippen molar-refractivity contribution in [2.24, 2.45) is 0 Å². The topological polar surface area (TPSA) is 16.4 Å². The Labute approximate surface area is 351 Å². The summed E-state index contributed by atoms with van der Waals surface area (Å²) >= 11 is 0. The van der Waals surface area contributed by atoms with Gasteiger partial charge in [0.05, 0.1) is 17.9 Å². The van der Waals surface area contributed by atoms with Crippen LogP contribution in [0.2, 0.25) is 0 Å². The lowest BCUT2D eigenvalue weighted by atomic mass is 10.0. The fourth-order valence-electron chi connectivity index (χ4n) is 8.99. The molecule has 11 aromatic rings. The summed E-state index contributed by atoms with van der Waals surface area (Å²) in [5.41, 5.74) is 4.96. The average molecular weight is 775 g/mol. The van der Waals surface area contributed by atoms with Crippen LogP contribution in [0, 0.1) is 0 Å². The van der Waals surface area contributed by atoms with Crippen LogP contribution in [0.25, 0.3) is 54.6 Å². The minimum absolute atomic E-state index is 0.167. The molecule has 0 atom stereocenters. The lowest BCUT2D eigenvalue weighted by Gasteiger charge is -2.34. The Balaban J connectivity index is 1.15. The summed E-state index contributed by atoms with van der Waals surface area (Å²) in [6.07, 6.45) is 0. The highest BCUT2D eigenvalue weighted by molar-refractivity contribution is 7.20. The molecular formula is C56H39NOSi. The molecule has 0 saturated carbocycles. The SMILES string of the molecule is [2H]c1c([2H])c([2H])c(-c2ccc(N(c3ccc4ccc([Si](c5ccccc5)(c5ccccc5)c5ccccc5)cc4c3)c3cccc4oc5c6ccccc6ccc5c34)cc2)c([2H])c1[2H]. The molecule has 0 spiro atoms. The quantitative estimate of drug-likeness (QED) is 0.113. The molecule has 0 saturated heterocycles. The van der Waals surface area contributed by atoms with Crippen LogP contribution in [0.4, 0.5) is 17.1 Å². The van der Waals surface area contributed by atoms with Gasteiger partial charge in [-0.1, -0.05) is 194 Å². The van der Waals surface area contributed by atoms with E-state index in [4.69, 9.17) is 11.3 Å². The van der Waals surface area contributed by atoms with Gasteiger partial charge in [0.25, 0.3) is 0 Å². The third-order valence-corrected chi connectivity index (χ3v) is 16.4. The number of hydrogen-bond donors (Lipinski definition) is 0. The molecule has 3 heteroatoms. The normalized spacial score (nSPS) is 12.9. The molecule has 10 aromatic carbocycles. The summed E-state index contributed by atoms with van der Waals surface area (Å²) in [7, 11) is -2.82. The first-order chi connectivity index (χ1) is 31.3. The average Bonchev–Trinajstić information content (AvgIpc) is 3.75. The zero-order valence-corrected chi connectivity index (χ0v) is 33.0. The Morgan fingerprint density at radius 1 is 0.407 bits per heavy atom. The Kier molecular flexibility index (Phi) is 7.30. The van der Waals surface area contributed by atoms with E-state index in [-0.39, 0.29) is 29.7 Å². The molecule has 0 unspecified atom stereocenters. The van der Waals surface area contributed by atoms with Crippen molar-refractivity contribution in [1.29, 1.82) is 0 Å². The van der Waals surface area contributed by atoms with Crippen molar-refractivity contribution in [1.82, 2.24) is 0 Å². The minimum atomic E-state index is -2.82. The molecule has 0 aliphatic carbocycles. The number of hydrogen-bond acceptors (Lipinski definition) is 2. The minimum Gasteiger partial charge on any atom is -0.455 e. The summed E-state index contributed by atoms with van der Waals surface area (Å²) in [4.78, 5) is 2.24. The Morgan fingerprint density at radius 2 is 1.02 bits per heavy atom. The van der Waals surface area contributed by atoms with Gasteiger partial charge in [0.15, 0.2) is 8.07 Å². The molecule has 11 rings (SSSR count). The molecule has 0 fully saturated rings. The van der Waals surface area contributed by atoms with Crippen molar-refractivity contribution in [2.45, 2.75) is 0 Å². The van der Waals surface area contributed by atoms with E-state index in [0.29, 0.717) is 5.56 Å². The highest BCUT2D eigenvalue weighted by atomic mass is 28.3. The van der Waals surface area contributed by atoms with E-state index < -0.39 is 14.1 Å². The molecule has 2 nitrogen and oxygen atoms in total. The van der Waals surface area contributed by atoms with Crippen LogP contribution < -0.4 is 25.6 Å². The maximum absolute atomic E-state index is 8.70. The van der Waals surface area contributed by atoms with Gasteiger partial charge in [0, 0.05) is 22.1 Å². The summed E-state index contributed by atoms with van der Waals surface area (Å²) in [6.45, 7) is 0. The zero-order valence-electron chi connectivity index (χ0n) is 37.0. The summed E-state index contributed by atoms with van der Waals surface area (Å²) < 4.78 is 48.9. The van der Waals surface area contributed by atoms with Crippen molar-refractivity contribution in [3.8, 4) is 11.1 Å². The van der Waals surface area contributed by atoms with Gasteiger partial charge in [-0.3, -0.25) is 0 Å². The van der Waals surface area contributed by atoms with E-state index in [9.17, 15) is 0 Å². The molecule has 1 heterocycles. The van der Waals surface area contributed by atoms with Gasteiger partial charge in [-0.05, 0) is 90.5 Å². The predicted octanol–water partition coefficient (Wildman–Crippen LogP) is 12.4. The second-order valence-electron chi connectivity index (χ2n) is 14.9. The van der Waals surface area contributed by atoms with Crippen LogP contribution in [0.15, 0.2) is 241 Å². The molecule has 0 amide bonds. The van der Waals surface area contributed by atoms with Gasteiger partial charge < -0.3 is 9.32 Å². The molecule has 0 N–H and O–H groups in total. The van der Waals surface area contributed by atoms with E-state index >= 15 is 0 Å². The lowest BCUT2D eigenvalue weighted by molar-refractivity contribution is 0.672. The molecule has 0 aliphatic heterocycles. The molecule has 0 bridgehead atoms. The van der Waals surface area contributed by atoms with Gasteiger partial charge in [-0.25, -0.2) is 0 Å². The molecular weight excluding hydrogens is 731 g/mol. The van der Waals surface area contributed by atoms with Crippen molar-refractivity contribution < 1.29 is 11.3 Å². The van der Waals surface area contributed by atoms with Gasteiger partial charge in [0.2, 0.25) is 0 Å². The van der Waals surface area contributed by atoms with Crippen LogP contribution in [-0.4, -0.2) is 8.07 Å². The summed E-state index contributed by atoms with van der Waals surface area (Å²) in [5.74, 6) is 0. The van der Waals surface area contributed by atoms with Gasteiger partial charge in [-0.15, -0.1) is 0 Å². The third kappa shape index (κ3) is 5.86. The first kappa shape index (κ1) is 29.7.